The molecule has 0 radical (unpaired) electrons. The van der Waals surface area contributed by atoms with Crippen molar-refractivity contribution in [3.8, 4) is 0 Å². The number of aliphatic hydroxyl groups excluding tert-OH is 1. The third kappa shape index (κ3) is 4.45. The fourth-order valence-corrected chi connectivity index (χ4v) is 2.70. The maximum Gasteiger partial charge on any atom is 0.221 e. The summed E-state index contributed by atoms with van der Waals surface area (Å²) in [6, 6.07) is 0.336. The molecule has 1 saturated heterocycles. The third-order valence-electron chi connectivity index (χ3n) is 3.67. The van der Waals surface area contributed by atoms with Crippen molar-refractivity contribution in [2.75, 3.05) is 6.54 Å². The molecule has 1 aliphatic carbocycles. The van der Waals surface area contributed by atoms with E-state index in [9.17, 15) is 9.90 Å². The van der Waals surface area contributed by atoms with Crippen LogP contribution < -0.4 is 10.6 Å². The van der Waals surface area contributed by atoms with Crippen LogP contribution >= 0.6 is 12.4 Å². The van der Waals surface area contributed by atoms with Crippen molar-refractivity contribution in [3.63, 3.8) is 0 Å². The maximum absolute atomic E-state index is 11.8. The number of amides is 1. The van der Waals surface area contributed by atoms with E-state index in [0.29, 0.717) is 12.5 Å². The minimum atomic E-state index is -0.339. The molecule has 0 bridgehead atoms. The van der Waals surface area contributed by atoms with Gasteiger partial charge in [-0.25, -0.2) is 0 Å². The van der Waals surface area contributed by atoms with Crippen molar-refractivity contribution < 1.29 is 9.90 Å². The van der Waals surface area contributed by atoms with Crippen molar-refractivity contribution in [2.45, 2.75) is 63.1 Å². The Morgan fingerprint density at radius 2 is 2.00 bits per heavy atom. The smallest absolute Gasteiger partial charge is 0.221 e. The van der Waals surface area contributed by atoms with Gasteiger partial charge in [-0.05, 0) is 32.2 Å². The lowest BCUT2D eigenvalue weighted by atomic mass is 9.92. The van der Waals surface area contributed by atoms with E-state index in [2.05, 4.69) is 10.6 Å². The first-order valence-electron chi connectivity index (χ1n) is 6.46. The molecule has 0 aromatic rings. The SMILES string of the molecule is Cl.O=C(CC1CCCN1)N[C@H]1CCCC[C@@H]1O. The van der Waals surface area contributed by atoms with E-state index in [4.69, 9.17) is 0 Å². The van der Waals surface area contributed by atoms with Crippen molar-refractivity contribution in [1.82, 2.24) is 10.6 Å². The maximum atomic E-state index is 11.8. The summed E-state index contributed by atoms with van der Waals surface area (Å²) in [6.07, 6.45) is 6.43. The normalized spacial score (nSPS) is 32.9. The number of carbonyl (C=O) groups excluding carboxylic acids is 1. The summed E-state index contributed by atoms with van der Waals surface area (Å²) in [5, 5.41) is 16.0. The Morgan fingerprint density at radius 1 is 1.24 bits per heavy atom. The van der Waals surface area contributed by atoms with Crippen LogP contribution in [0.5, 0.6) is 0 Å². The molecule has 17 heavy (non-hydrogen) atoms. The van der Waals surface area contributed by atoms with Gasteiger partial charge in [0.15, 0.2) is 0 Å². The van der Waals surface area contributed by atoms with Crippen LogP contribution in [0.3, 0.4) is 0 Å². The van der Waals surface area contributed by atoms with Crippen LogP contribution in [0.1, 0.15) is 44.9 Å². The highest BCUT2D eigenvalue weighted by Gasteiger charge is 2.25. The molecule has 0 aromatic heterocycles. The van der Waals surface area contributed by atoms with Crippen molar-refractivity contribution in [2.24, 2.45) is 0 Å². The highest BCUT2D eigenvalue weighted by Crippen LogP contribution is 2.18. The Bertz CT molecular complexity index is 245. The summed E-state index contributed by atoms with van der Waals surface area (Å²) in [6.45, 7) is 1.03. The van der Waals surface area contributed by atoms with E-state index in [-0.39, 0.29) is 30.5 Å². The average molecular weight is 263 g/mol. The Kier molecular flexibility index (Phi) is 6.23. The predicted molar refractivity (Wildman–Crippen MR) is 69.3 cm³/mol. The van der Waals surface area contributed by atoms with Gasteiger partial charge in [0.1, 0.15) is 0 Å². The van der Waals surface area contributed by atoms with Crippen LogP contribution in [-0.4, -0.2) is 35.7 Å². The minimum Gasteiger partial charge on any atom is -0.391 e. The molecule has 3 atom stereocenters. The Labute approximate surface area is 109 Å². The molecule has 2 fully saturated rings. The molecular formula is C12H23ClN2O2. The number of nitrogens with one attached hydrogen (secondary N) is 2. The Hall–Kier alpha value is -0.320. The number of halogens is 1. The van der Waals surface area contributed by atoms with Crippen molar-refractivity contribution >= 4 is 18.3 Å². The molecule has 2 aliphatic rings. The molecule has 3 N–H and O–H groups in total. The van der Waals surface area contributed by atoms with Crippen LogP contribution in [0, 0.1) is 0 Å². The zero-order valence-corrected chi connectivity index (χ0v) is 11.0. The lowest BCUT2D eigenvalue weighted by Gasteiger charge is -2.28. The number of hydrogen-bond donors (Lipinski definition) is 3. The second-order valence-electron chi connectivity index (χ2n) is 5.02. The van der Waals surface area contributed by atoms with Gasteiger partial charge in [0.2, 0.25) is 5.91 Å². The van der Waals surface area contributed by atoms with Gasteiger partial charge in [-0.15, -0.1) is 12.4 Å². The molecule has 5 heteroatoms. The molecule has 1 aliphatic heterocycles. The van der Waals surface area contributed by atoms with E-state index in [1.807, 2.05) is 0 Å². The highest BCUT2D eigenvalue weighted by atomic mass is 35.5. The fourth-order valence-electron chi connectivity index (χ4n) is 2.70. The quantitative estimate of drug-likeness (QED) is 0.710. The Morgan fingerprint density at radius 3 is 2.65 bits per heavy atom. The van der Waals surface area contributed by atoms with Gasteiger partial charge in [0.05, 0.1) is 12.1 Å². The second-order valence-corrected chi connectivity index (χ2v) is 5.02. The van der Waals surface area contributed by atoms with Gasteiger partial charge in [-0.1, -0.05) is 12.8 Å². The van der Waals surface area contributed by atoms with Crippen LogP contribution in [-0.2, 0) is 4.79 Å². The summed E-state index contributed by atoms with van der Waals surface area (Å²) >= 11 is 0. The van der Waals surface area contributed by atoms with Crippen molar-refractivity contribution in [1.29, 1.82) is 0 Å². The molecule has 0 spiro atoms. The summed E-state index contributed by atoms with van der Waals surface area (Å²) in [5.74, 6) is 0.0883. The number of carbonyl (C=O) groups is 1. The molecule has 1 saturated carbocycles. The largest absolute Gasteiger partial charge is 0.391 e. The van der Waals surface area contributed by atoms with Gasteiger partial charge in [-0.2, -0.15) is 0 Å². The molecular weight excluding hydrogens is 240 g/mol. The summed E-state index contributed by atoms with van der Waals surface area (Å²) < 4.78 is 0. The highest BCUT2D eigenvalue weighted by molar-refractivity contribution is 5.85. The minimum absolute atomic E-state index is 0. The number of rotatable bonds is 3. The van der Waals surface area contributed by atoms with Gasteiger partial charge in [0, 0.05) is 12.5 Å². The first-order chi connectivity index (χ1) is 7.75. The lowest BCUT2D eigenvalue weighted by molar-refractivity contribution is -0.123. The zero-order chi connectivity index (χ0) is 11.4. The number of hydrogen-bond acceptors (Lipinski definition) is 3. The van der Waals surface area contributed by atoms with E-state index in [1.165, 1.54) is 6.42 Å². The third-order valence-corrected chi connectivity index (χ3v) is 3.67. The molecule has 1 amide bonds. The fraction of sp³-hybridized carbons (Fsp3) is 0.917. The van der Waals surface area contributed by atoms with Gasteiger partial charge in [-0.3, -0.25) is 4.79 Å². The second kappa shape index (κ2) is 7.19. The molecule has 1 heterocycles. The van der Waals surface area contributed by atoms with E-state index < -0.39 is 0 Å². The topological polar surface area (TPSA) is 61.4 Å². The first-order valence-corrected chi connectivity index (χ1v) is 6.46. The van der Waals surface area contributed by atoms with Gasteiger partial charge >= 0.3 is 0 Å². The van der Waals surface area contributed by atoms with Crippen LogP contribution in [0.4, 0.5) is 0 Å². The zero-order valence-electron chi connectivity index (χ0n) is 10.2. The first kappa shape index (κ1) is 14.7. The standard InChI is InChI=1S/C12H22N2O2.ClH/c15-11-6-2-1-5-10(11)14-12(16)8-9-4-3-7-13-9;/h9-11,13,15H,1-8H2,(H,14,16);1H/t9?,10-,11-;/m0./s1. The van der Waals surface area contributed by atoms with Gasteiger partial charge < -0.3 is 15.7 Å². The Balaban J connectivity index is 0.00000144. The molecule has 4 nitrogen and oxygen atoms in total. The van der Waals surface area contributed by atoms with E-state index in [0.717, 1.165) is 38.6 Å². The summed E-state index contributed by atoms with van der Waals surface area (Å²) in [7, 11) is 0. The van der Waals surface area contributed by atoms with Crippen molar-refractivity contribution in [3.05, 3.63) is 0 Å². The lowest BCUT2D eigenvalue weighted by Crippen LogP contribution is -2.46. The van der Waals surface area contributed by atoms with Crippen LogP contribution in [0.15, 0.2) is 0 Å². The molecule has 100 valence electrons. The van der Waals surface area contributed by atoms with Crippen LogP contribution in [0.25, 0.3) is 0 Å². The van der Waals surface area contributed by atoms with E-state index in [1.54, 1.807) is 0 Å². The molecule has 2 rings (SSSR count). The predicted octanol–water partition coefficient (Wildman–Crippen LogP) is 0.970. The van der Waals surface area contributed by atoms with E-state index >= 15 is 0 Å². The van der Waals surface area contributed by atoms with Crippen LogP contribution in [0.2, 0.25) is 0 Å². The monoisotopic (exact) mass is 262 g/mol. The molecule has 0 aromatic carbocycles. The molecule has 1 unspecified atom stereocenters. The summed E-state index contributed by atoms with van der Waals surface area (Å²) in [4.78, 5) is 11.8. The summed E-state index contributed by atoms with van der Waals surface area (Å²) in [5.41, 5.74) is 0. The van der Waals surface area contributed by atoms with Gasteiger partial charge in [0.25, 0.3) is 0 Å². The average Bonchev–Trinajstić information content (AvgIpc) is 2.74. The number of aliphatic hydroxyl groups is 1.